The van der Waals surface area contributed by atoms with Crippen molar-refractivity contribution in [3.8, 4) is 0 Å². The summed E-state index contributed by atoms with van der Waals surface area (Å²) in [4.78, 5) is 46.2. The SMILES string of the molecule is NCCCC/C(C(=O)OCc1ccccc1[N+](=O)[O-])=C(/N)C(=O)OCc1ccccc1[N+](=O)[O-]. The number of nitro benzene ring substituents is 2. The minimum absolute atomic E-state index is 0.0549. The molecule has 34 heavy (non-hydrogen) atoms. The zero-order chi connectivity index (χ0) is 25.1. The number of nitrogens with zero attached hydrogens (tertiary/aromatic N) is 2. The van der Waals surface area contributed by atoms with Crippen molar-refractivity contribution < 1.29 is 28.9 Å². The largest absolute Gasteiger partial charge is 0.457 e. The second kappa shape index (κ2) is 12.6. The summed E-state index contributed by atoms with van der Waals surface area (Å²) in [5, 5.41) is 22.3. The van der Waals surface area contributed by atoms with Crippen molar-refractivity contribution >= 4 is 23.3 Å². The van der Waals surface area contributed by atoms with Crippen LogP contribution < -0.4 is 11.5 Å². The Morgan fingerprint density at radius 3 is 1.74 bits per heavy atom. The molecule has 2 rings (SSSR count). The summed E-state index contributed by atoms with van der Waals surface area (Å²) in [6.07, 6.45) is 1.02. The molecule has 0 unspecified atom stereocenters. The highest BCUT2D eigenvalue weighted by Crippen LogP contribution is 2.22. The highest BCUT2D eigenvalue weighted by atomic mass is 16.6. The van der Waals surface area contributed by atoms with Gasteiger partial charge < -0.3 is 20.9 Å². The maximum Gasteiger partial charge on any atom is 0.355 e. The van der Waals surface area contributed by atoms with Gasteiger partial charge in [-0.25, -0.2) is 9.59 Å². The van der Waals surface area contributed by atoms with Gasteiger partial charge in [0.1, 0.15) is 18.9 Å². The maximum absolute atomic E-state index is 12.7. The summed E-state index contributed by atoms with van der Waals surface area (Å²) < 4.78 is 10.3. The topological polar surface area (TPSA) is 191 Å². The Morgan fingerprint density at radius 1 is 0.794 bits per heavy atom. The summed E-state index contributed by atoms with van der Waals surface area (Å²) in [6.45, 7) is -0.493. The zero-order valence-corrected chi connectivity index (χ0v) is 18.2. The molecule has 4 N–H and O–H groups in total. The summed E-state index contributed by atoms with van der Waals surface area (Å²) in [7, 11) is 0. The van der Waals surface area contributed by atoms with Crippen LogP contribution in [-0.4, -0.2) is 28.3 Å². The van der Waals surface area contributed by atoms with Crippen molar-refractivity contribution in [2.24, 2.45) is 11.5 Å². The molecular formula is C22H24N4O8. The smallest absolute Gasteiger partial charge is 0.355 e. The van der Waals surface area contributed by atoms with Gasteiger partial charge in [-0.1, -0.05) is 24.3 Å². The van der Waals surface area contributed by atoms with Crippen LogP contribution in [0.1, 0.15) is 30.4 Å². The number of hydrogen-bond donors (Lipinski definition) is 2. The van der Waals surface area contributed by atoms with E-state index in [9.17, 15) is 29.8 Å². The number of unbranched alkanes of at least 4 members (excludes halogenated alkanes) is 1. The van der Waals surface area contributed by atoms with Crippen molar-refractivity contribution in [2.75, 3.05) is 6.54 Å². The summed E-state index contributed by atoms with van der Waals surface area (Å²) in [5.74, 6) is -1.99. The molecule has 0 aliphatic rings. The molecule has 2 aromatic carbocycles. The monoisotopic (exact) mass is 472 g/mol. The van der Waals surface area contributed by atoms with Crippen LogP contribution in [-0.2, 0) is 32.3 Å². The van der Waals surface area contributed by atoms with Crippen LogP contribution in [0.25, 0.3) is 0 Å². The molecule has 0 atom stereocenters. The van der Waals surface area contributed by atoms with Gasteiger partial charge in [0.05, 0.1) is 26.5 Å². The summed E-state index contributed by atoms with van der Waals surface area (Å²) in [5.41, 5.74) is 10.6. The Morgan fingerprint density at radius 2 is 1.26 bits per heavy atom. The molecule has 180 valence electrons. The molecule has 0 aliphatic heterocycles. The maximum atomic E-state index is 12.7. The molecule has 0 heterocycles. The second-order valence-corrected chi connectivity index (χ2v) is 7.06. The van der Waals surface area contributed by atoms with Gasteiger partial charge in [0.15, 0.2) is 0 Å². The quantitative estimate of drug-likeness (QED) is 0.152. The standard InChI is InChI=1S/C22H24N4O8/c23-12-6-5-9-17(21(27)33-13-15-7-1-3-10-18(15)25(29)30)20(24)22(28)34-14-16-8-2-4-11-19(16)26(31)32/h1-4,7-8,10-11H,5-6,9,12-14,23-24H2/b20-17-. The summed E-state index contributed by atoms with van der Waals surface area (Å²) in [6, 6.07) is 11.5. The lowest BCUT2D eigenvalue weighted by atomic mass is 10.1. The first kappa shape index (κ1) is 25.9. The predicted molar refractivity (Wildman–Crippen MR) is 120 cm³/mol. The minimum Gasteiger partial charge on any atom is -0.457 e. The van der Waals surface area contributed by atoms with E-state index < -0.39 is 40.7 Å². The van der Waals surface area contributed by atoms with Crippen LogP contribution in [0.5, 0.6) is 0 Å². The zero-order valence-electron chi connectivity index (χ0n) is 18.2. The molecular weight excluding hydrogens is 448 g/mol. The van der Waals surface area contributed by atoms with Gasteiger partial charge in [-0.2, -0.15) is 0 Å². The molecule has 12 heteroatoms. The fourth-order valence-corrected chi connectivity index (χ4v) is 2.99. The third-order valence-electron chi connectivity index (χ3n) is 4.77. The van der Waals surface area contributed by atoms with Gasteiger partial charge in [0.2, 0.25) is 0 Å². The molecule has 0 aliphatic carbocycles. The fraction of sp³-hybridized carbons (Fsp3) is 0.273. The van der Waals surface area contributed by atoms with Crippen LogP contribution in [0.3, 0.4) is 0 Å². The van der Waals surface area contributed by atoms with Gasteiger partial charge in [-0.3, -0.25) is 20.2 Å². The molecule has 0 radical (unpaired) electrons. The van der Waals surface area contributed by atoms with Crippen molar-refractivity contribution in [1.82, 2.24) is 0 Å². The molecule has 0 aromatic heterocycles. The average Bonchev–Trinajstić information content (AvgIpc) is 2.83. The molecule has 0 amide bonds. The first-order valence-corrected chi connectivity index (χ1v) is 10.2. The van der Waals surface area contributed by atoms with Gasteiger partial charge >= 0.3 is 11.9 Å². The van der Waals surface area contributed by atoms with Crippen molar-refractivity contribution in [3.05, 3.63) is 91.2 Å². The van der Waals surface area contributed by atoms with Crippen LogP contribution in [0.2, 0.25) is 0 Å². The lowest BCUT2D eigenvalue weighted by molar-refractivity contribution is -0.386. The number of nitro groups is 2. The minimum atomic E-state index is -1.05. The molecule has 0 fully saturated rings. The first-order chi connectivity index (χ1) is 16.3. The number of rotatable bonds is 12. The van der Waals surface area contributed by atoms with E-state index in [-0.39, 0.29) is 34.5 Å². The number of carbonyl (C=O) groups is 2. The molecule has 0 bridgehead atoms. The normalized spacial score (nSPS) is 11.3. The van der Waals surface area contributed by atoms with Crippen molar-refractivity contribution in [1.29, 1.82) is 0 Å². The number of para-hydroxylation sites is 2. The van der Waals surface area contributed by atoms with Gasteiger partial charge in [0.25, 0.3) is 11.4 Å². The highest BCUT2D eigenvalue weighted by Gasteiger charge is 2.23. The van der Waals surface area contributed by atoms with Crippen LogP contribution in [0, 0.1) is 20.2 Å². The fourth-order valence-electron chi connectivity index (χ4n) is 2.99. The number of hydrogen-bond acceptors (Lipinski definition) is 10. The van der Waals surface area contributed by atoms with Gasteiger partial charge in [0, 0.05) is 12.1 Å². The third kappa shape index (κ3) is 7.10. The molecule has 0 saturated carbocycles. The van der Waals surface area contributed by atoms with Crippen LogP contribution in [0.15, 0.2) is 59.8 Å². The molecule has 12 nitrogen and oxygen atoms in total. The van der Waals surface area contributed by atoms with Crippen molar-refractivity contribution in [2.45, 2.75) is 32.5 Å². The van der Waals surface area contributed by atoms with E-state index >= 15 is 0 Å². The number of carbonyl (C=O) groups excluding carboxylic acids is 2. The van der Waals surface area contributed by atoms with E-state index in [2.05, 4.69) is 0 Å². The number of benzene rings is 2. The van der Waals surface area contributed by atoms with Gasteiger partial charge in [-0.15, -0.1) is 0 Å². The van der Waals surface area contributed by atoms with E-state index in [4.69, 9.17) is 20.9 Å². The molecule has 2 aromatic rings. The third-order valence-corrected chi connectivity index (χ3v) is 4.77. The van der Waals surface area contributed by atoms with E-state index in [1.807, 2.05) is 0 Å². The number of nitrogens with two attached hydrogens (primary N) is 2. The predicted octanol–water partition coefficient (Wildman–Crippen LogP) is 2.63. The Labute approximate surface area is 194 Å². The van der Waals surface area contributed by atoms with E-state index in [1.165, 1.54) is 36.4 Å². The van der Waals surface area contributed by atoms with E-state index in [0.717, 1.165) is 0 Å². The first-order valence-electron chi connectivity index (χ1n) is 10.2. The Kier molecular flexibility index (Phi) is 9.65. The Balaban J connectivity index is 2.18. The summed E-state index contributed by atoms with van der Waals surface area (Å²) >= 11 is 0. The lowest BCUT2D eigenvalue weighted by Crippen LogP contribution is -2.22. The van der Waals surface area contributed by atoms with E-state index in [0.29, 0.717) is 19.4 Å². The Bertz CT molecular complexity index is 1100. The van der Waals surface area contributed by atoms with Crippen molar-refractivity contribution in [3.63, 3.8) is 0 Å². The number of esters is 2. The van der Waals surface area contributed by atoms with Crippen LogP contribution in [0.4, 0.5) is 11.4 Å². The number of ether oxygens (including phenoxy) is 2. The van der Waals surface area contributed by atoms with Gasteiger partial charge in [-0.05, 0) is 37.9 Å². The highest BCUT2D eigenvalue weighted by molar-refractivity contribution is 5.99. The second-order valence-electron chi connectivity index (χ2n) is 7.06. The molecule has 0 spiro atoms. The molecule has 0 saturated heterocycles. The lowest BCUT2D eigenvalue weighted by Gasteiger charge is -2.12. The Hall–Kier alpha value is -4.32. The van der Waals surface area contributed by atoms with Crippen LogP contribution >= 0.6 is 0 Å². The average molecular weight is 472 g/mol. The van der Waals surface area contributed by atoms with E-state index in [1.54, 1.807) is 12.1 Å².